The molecule has 0 unspecified atom stereocenters. The largest absolute Gasteiger partial charge is 0.0842 e. The van der Waals surface area contributed by atoms with E-state index in [0.717, 1.165) is 12.8 Å². The summed E-state index contributed by atoms with van der Waals surface area (Å²) in [6, 6.07) is 4.40. The molecule has 0 fully saturated rings. The maximum Gasteiger partial charge on any atom is -0.0241 e. The molecule has 0 aromatic heterocycles. The highest BCUT2D eigenvalue weighted by Gasteiger charge is 2.01. The highest BCUT2D eigenvalue weighted by molar-refractivity contribution is 5.38. The van der Waals surface area contributed by atoms with Crippen LogP contribution in [0.4, 0.5) is 0 Å². The van der Waals surface area contributed by atoms with Crippen molar-refractivity contribution in [2.45, 2.75) is 33.6 Å². The normalized spacial score (nSPS) is 10.1. The summed E-state index contributed by atoms with van der Waals surface area (Å²) in [4.78, 5) is 0. The van der Waals surface area contributed by atoms with E-state index in [4.69, 9.17) is 6.58 Å². The van der Waals surface area contributed by atoms with Gasteiger partial charge in [-0.1, -0.05) is 24.8 Å². The van der Waals surface area contributed by atoms with Crippen molar-refractivity contribution in [1.82, 2.24) is 0 Å². The van der Waals surface area contributed by atoms with Crippen LogP contribution in [-0.2, 0) is 6.42 Å². The molecule has 0 spiro atoms. The Balaban J connectivity index is 2.96. The quantitative estimate of drug-likeness (QED) is 0.656. The molecule has 0 atom stereocenters. The summed E-state index contributed by atoms with van der Waals surface area (Å²) in [5.74, 6) is 0. The van der Waals surface area contributed by atoms with Crippen molar-refractivity contribution >= 4 is 0 Å². The van der Waals surface area contributed by atoms with Crippen LogP contribution in [0.2, 0.25) is 0 Å². The van der Waals surface area contributed by atoms with Gasteiger partial charge in [-0.2, -0.15) is 0 Å². The Morgan fingerprint density at radius 2 is 1.85 bits per heavy atom. The first kappa shape index (κ1) is 10.0. The fourth-order valence-corrected chi connectivity index (χ4v) is 1.52. The Labute approximate surface area is 81.3 Å². The summed E-state index contributed by atoms with van der Waals surface area (Å²) in [6.45, 7) is 11.9. The maximum atomic E-state index is 5.37. The third kappa shape index (κ3) is 2.21. The van der Waals surface area contributed by atoms with Crippen molar-refractivity contribution in [1.29, 1.82) is 0 Å². The van der Waals surface area contributed by atoms with Gasteiger partial charge in [0.2, 0.25) is 0 Å². The zero-order valence-electron chi connectivity index (χ0n) is 8.72. The van der Waals surface area contributed by atoms with Crippen LogP contribution in [-0.4, -0.2) is 0 Å². The molecule has 13 heavy (non-hydrogen) atoms. The van der Waals surface area contributed by atoms with Crippen molar-refractivity contribution < 1.29 is 0 Å². The van der Waals surface area contributed by atoms with E-state index in [1.54, 1.807) is 6.08 Å². The number of allylic oxidation sites excluding steroid dienone is 1. The third-order valence-corrected chi connectivity index (χ3v) is 2.75. The van der Waals surface area contributed by atoms with Gasteiger partial charge in [-0.15, -0.1) is 0 Å². The van der Waals surface area contributed by atoms with Crippen molar-refractivity contribution in [2.24, 2.45) is 0 Å². The summed E-state index contributed by atoms with van der Waals surface area (Å²) in [7, 11) is 0. The van der Waals surface area contributed by atoms with Crippen LogP contribution in [0.1, 0.15) is 28.7 Å². The second kappa shape index (κ2) is 4.27. The molecule has 0 saturated heterocycles. The summed E-state index contributed by atoms with van der Waals surface area (Å²) < 4.78 is 0. The fourth-order valence-electron chi connectivity index (χ4n) is 1.52. The van der Waals surface area contributed by atoms with E-state index in [1.807, 2.05) is 0 Å². The van der Waals surface area contributed by atoms with Gasteiger partial charge in [0, 0.05) is 0 Å². The maximum absolute atomic E-state index is 5.37. The Morgan fingerprint density at radius 1 is 1.15 bits per heavy atom. The first-order valence-electron chi connectivity index (χ1n) is 4.76. The average molecular weight is 173 g/mol. The van der Waals surface area contributed by atoms with Crippen molar-refractivity contribution in [3.63, 3.8) is 0 Å². The second-order valence-corrected chi connectivity index (χ2v) is 3.57. The number of hydrogen-bond acceptors (Lipinski definition) is 0. The van der Waals surface area contributed by atoms with Gasteiger partial charge >= 0.3 is 0 Å². The Bertz CT molecular complexity index is 308. The second-order valence-electron chi connectivity index (χ2n) is 3.57. The minimum atomic E-state index is 0.962. The lowest BCUT2D eigenvalue weighted by atomic mass is 9.96. The average Bonchev–Trinajstić information content (AvgIpc) is 2.13. The summed E-state index contributed by atoms with van der Waals surface area (Å²) in [6.07, 6.45) is 3.75. The fraction of sp³-hybridized carbons (Fsp3) is 0.385. The number of rotatable bonds is 3. The third-order valence-electron chi connectivity index (χ3n) is 2.75. The summed E-state index contributed by atoms with van der Waals surface area (Å²) >= 11 is 0. The molecule has 69 valence electrons. The van der Waals surface area contributed by atoms with Gasteiger partial charge in [0.15, 0.2) is 0 Å². The molecule has 0 nitrogen and oxygen atoms in total. The predicted octanol–water partition coefficient (Wildman–Crippen LogP) is 3.53. The van der Waals surface area contributed by atoms with Crippen molar-refractivity contribution in [2.75, 3.05) is 0 Å². The molecule has 0 N–H and O–H groups in total. The van der Waals surface area contributed by atoms with Gasteiger partial charge < -0.3 is 0 Å². The standard InChI is InChI=1S/C13H17/c1-5-6-7-13-9-8-10(2)11(3)12(13)4/h1,5,8-9H,6-7H2,2-4H3. The molecule has 0 saturated carbocycles. The highest BCUT2D eigenvalue weighted by atomic mass is 14.1. The lowest BCUT2D eigenvalue weighted by Crippen LogP contribution is -1.94. The highest BCUT2D eigenvalue weighted by Crippen LogP contribution is 2.18. The van der Waals surface area contributed by atoms with Crippen LogP contribution in [0.5, 0.6) is 0 Å². The van der Waals surface area contributed by atoms with Gasteiger partial charge in [-0.25, -0.2) is 0 Å². The van der Waals surface area contributed by atoms with Gasteiger partial charge in [-0.3, -0.25) is 0 Å². The summed E-state index contributed by atoms with van der Waals surface area (Å²) in [5.41, 5.74) is 5.62. The molecular formula is C13H17. The molecule has 0 heterocycles. The van der Waals surface area contributed by atoms with Crippen LogP contribution in [0.15, 0.2) is 18.2 Å². The van der Waals surface area contributed by atoms with E-state index < -0.39 is 0 Å². The lowest BCUT2D eigenvalue weighted by Gasteiger charge is -2.09. The van der Waals surface area contributed by atoms with Crippen LogP contribution in [0.3, 0.4) is 0 Å². The van der Waals surface area contributed by atoms with Crippen molar-refractivity contribution in [3.05, 3.63) is 47.0 Å². The monoisotopic (exact) mass is 173 g/mol. The van der Waals surface area contributed by atoms with Crippen LogP contribution < -0.4 is 0 Å². The van der Waals surface area contributed by atoms with E-state index in [2.05, 4.69) is 32.9 Å². The minimum absolute atomic E-state index is 0.962. The van der Waals surface area contributed by atoms with E-state index >= 15 is 0 Å². The SMILES string of the molecule is [CH]=CCCc1ccc(C)c(C)c1C. The lowest BCUT2D eigenvalue weighted by molar-refractivity contribution is 0.979. The topological polar surface area (TPSA) is 0 Å². The predicted molar refractivity (Wildman–Crippen MR) is 57.8 cm³/mol. The zero-order valence-corrected chi connectivity index (χ0v) is 8.72. The Hall–Kier alpha value is -1.04. The molecule has 1 aromatic carbocycles. The van der Waals surface area contributed by atoms with Gasteiger partial charge in [-0.05, 0) is 55.9 Å². The van der Waals surface area contributed by atoms with E-state index in [1.165, 1.54) is 22.3 Å². The van der Waals surface area contributed by atoms with Crippen LogP contribution >= 0.6 is 0 Å². The smallest absolute Gasteiger partial charge is 0.0241 e. The molecule has 1 radical (unpaired) electrons. The number of aryl methyl sites for hydroxylation is 2. The van der Waals surface area contributed by atoms with Gasteiger partial charge in [0.1, 0.15) is 0 Å². The first-order chi connectivity index (χ1) is 6.16. The molecular weight excluding hydrogens is 156 g/mol. The van der Waals surface area contributed by atoms with E-state index in [-0.39, 0.29) is 0 Å². The molecule has 0 amide bonds. The molecule has 0 aliphatic heterocycles. The van der Waals surface area contributed by atoms with Gasteiger partial charge in [0.05, 0.1) is 0 Å². The Morgan fingerprint density at radius 3 is 2.46 bits per heavy atom. The Kier molecular flexibility index (Phi) is 3.30. The van der Waals surface area contributed by atoms with Crippen LogP contribution in [0, 0.1) is 27.4 Å². The first-order valence-corrected chi connectivity index (χ1v) is 4.76. The van der Waals surface area contributed by atoms with Crippen molar-refractivity contribution in [3.8, 4) is 0 Å². The molecule has 1 rings (SSSR count). The number of hydrogen-bond donors (Lipinski definition) is 0. The van der Waals surface area contributed by atoms with Crippen LogP contribution in [0.25, 0.3) is 0 Å². The zero-order chi connectivity index (χ0) is 9.84. The summed E-state index contributed by atoms with van der Waals surface area (Å²) in [5, 5.41) is 0. The van der Waals surface area contributed by atoms with E-state index in [9.17, 15) is 0 Å². The minimum Gasteiger partial charge on any atom is -0.0842 e. The molecule has 0 bridgehead atoms. The van der Waals surface area contributed by atoms with Gasteiger partial charge in [0.25, 0.3) is 0 Å². The molecule has 0 heteroatoms. The number of benzene rings is 1. The molecule has 0 aliphatic carbocycles. The molecule has 0 aliphatic rings. The van der Waals surface area contributed by atoms with E-state index in [0.29, 0.717) is 0 Å². The molecule has 1 aromatic rings.